The van der Waals surface area contributed by atoms with Crippen molar-refractivity contribution in [2.45, 2.75) is 19.8 Å². The topological polar surface area (TPSA) is 101 Å². The van der Waals surface area contributed by atoms with Crippen LogP contribution in [0, 0.1) is 15.9 Å². The van der Waals surface area contributed by atoms with Gasteiger partial charge in [-0.1, -0.05) is 13.8 Å². The Kier molecular flexibility index (Phi) is 3.97. The second-order valence-corrected chi connectivity index (χ2v) is 4.77. The first-order chi connectivity index (χ1) is 9.86. The van der Waals surface area contributed by atoms with Gasteiger partial charge in [0.2, 0.25) is 0 Å². The van der Waals surface area contributed by atoms with E-state index in [2.05, 4.69) is 15.5 Å². The van der Waals surface area contributed by atoms with Crippen LogP contribution in [0.25, 0.3) is 0 Å². The lowest BCUT2D eigenvalue weighted by molar-refractivity contribution is -0.385. The zero-order chi connectivity index (χ0) is 15.6. The summed E-state index contributed by atoms with van der Waals surface area (Å²) in [5.74, 6) is -1.03. The van der Waals surface area contributed by atoms with Crippen LogP contribution in [0.4, 0.5) is 15.9 Å². The molecule has 1 aromatic carbocycles. The number of non-ortho nitro benzene ring substituents is 1. The van der Waals surface area contributed by atoms with Gasteiger partial charge in [0.1, 0.15) is 5.82 Å². The van der Waals surface area contributed by atoms with Gasteiger partial charge in [-0.25, -0.2) is 4.39 Å². The monoisotopic (exact) mass is 292 g/mol. The highest BCUT2D eigenvalue weighted by atomic mass is 19.1. The molecule has 0 saturated carbocycles. The first-order valence-corrected chi connectivity index (χ1v) is 6.18. The highest BCUT2D eigenvalue weighted by molar-refractivity contribution is 6.04. The molecule has 2 rings (SSSR count). The highest BCUT2D eigenvalue weighted by Crippen LogP contribution is 2.19. The van der Waals surface area contributed by atoms with E-state index in [9.17, 15) is 19.3 Å². The molecule has 0 saturated heterocycles. The third kappa shape index (κ3) is 3.41. The Balaban J connectivity index is 2.21. The van der Waals surface area contributed by atoms with Crippen molar-refractivity contribution in [2.75, 3.05) is 5.32 Å². The molecule has 0 bridgehead atoms. The number of amides is 1. The van der Waals surface area contributed by atoms with E-state index in [1.54, 1.807) is 6.07 Å². The average Bonchev–Trinajstić information content (AvgIpc) is 2.86. The van der Waals surface area contributed by atoms with Crippen molar-refractivity contribution < 1.29 is 14.1 Å². The Hall–Kier alpha value is -2.77. The fraction of sp³-hybridized carbons (Fsp3) is 0.231. The molecule has 0 fully saturated rings. The van der Waals surface area contributed by atoms with Crippen LogP contribution in [0.1, 0.15) is 35.8 Å². The van der Waals surface area contributed by atoms with Gasteiger partial charge in [-0.2, -0.15) is 5.10 Å². The van der Waals surface area contributed by atoms with E-state index in [0.29, 0.717) is 0 Å². The molecule has 0 atom stereocenters. The molecule has 2 N–H and O–H groups in total. The number of nitrogens with zero attached hydrogens (tertiary/aromatic N) is 2. The van der Waals surface area contributed by atoms with Crippen molar-refractivity contribution in [3.8, 4) is 0 Å². The van der Waals surface area contributed by atoms with Crippen molar-refractivity contribution in [1.29, 1.82) is 0 Å². The number of H-pyrrole nitrogens is 1. The van der Waals surface area contributed by atoms with Crippen molar-refractivity contribution in [3.63, 3.8) is 0 Å². The van der Waals surface area contributed by atoms with Crippen LogP contribution in [0.3, 0.4) is 0 Å². The lowest BCUT2D eigenvalue weighted by atomic mass is 10.1. The molecule has 0 spiro atoms. The molecule has 0 aliphatic rings. The smallest absolute Gasteiger partial charge is 0.273 e. The molecule has 2 aromatic rings. The van der Waals surface area contributed by atoms with E-state index in [4.69, 9.17) is 0 Å². The summed E-state index contributed by atoms with van der Waals surface area (Å²) in [5, 5.41) is 19.8. The van der Waals surface area contributed by atoms with Crippen LogP contribution in [-0.2, 0) is 0 Å². The van der Waals surface area contributed by atoms with Crippen molar-refractivity contribution in [2.24, 2.45) is 0 Å². The number of rotatable bonds is 4. The van der Waals surface area contributed by atoms with Crippen molar-refractivity contribution in [3.05, 3.63) is 51.5 Å². The maximum absolute atomic E-state index is 13.3. The number of halogens is 1. The van der Waals surface area contributed by atoms with Crippen LogP contribution in [0.5, 0.6) is 0 Å². The minimum Gasteiger partial charge on any atom is -0.305 e. The number of benzene rings is 1. The number of nitro benzene ring substituents is 1. The van der Waals surface area contributed by atoms with Gasteiger partial charge in [0.25, 0.3) is 11.6 Å². The third-order valence-corrected chi connectivity index (χ3v) is 2.82. The van der Waals surface area contributed by atoms with E-state index in [1.165, 1.54) is 0 Å². The molecule has 0 aliphatic carbocycles. The van der Waals surface area contributed by atoms with E-state index in [1.807, 2.05) is 13.8 Å². The average molecular weight is 292 g/mol. The largest absolute Gasteiger partial charge is 0.305 e. The van der Waals surface area contributed by atoms with Gasteiger partial charge in [0.05, 0.1) is 11.0 Å². The molecule has 1 heterocycles. The molecule has 0 unspecified atom stereocenters. The number of nitro groups is 1. The predicted molar refractivity (Wildman–Crippen MR) is 73.7 cm³/mol. The second-order valence-electron chi connectivity index (χ2n) is 4.77. The van der Waals surface area contributed by atoms with E-state index < -0.39 is 22.3 Å². The maximum Gasteiger partial charge on any atom is 0.273 e. The second kappa shape index (κ2) is 5.70. The normalized spacial score (nSPS) is 10.7. The Labute approximate surface area is 119 Å². The number of aromatic nitrogens is 2. The molecule has 7 nitrogen and oxygen atoms in total. The summed E-state index contributed by atoms with van der Waals surface area (Å²) < 4.78 is 13.3. The maximum atomic E-state index is 13.3. The molecule has 110 valence electrons. The molecule has 1 aromatic heterocycles. The van der Waals surface area contributed by atoms with Crippen LogP contribution in [0.2, 0.25) is 0 Å². The van der Waals surface area contributed by atoms with Gasteiger partial charge in [0.15, 0.2) is 5.82 Å². The van der Waals surface area contributed by atoms with E-state index in [-0.39, 0.29) is 17.3 Å². The zero-order valence-electron chi connectivity index (χ0n) is 11.4. The van der Waals surface area contributed by atoms with E-state index in [0.717, 1.165) is 23.9 Å². The number of hydrogen-bond donors (Lipinski definition) is 2. The highest BCUT2D eigenvalue weighted by Gasteiger charge is 2.16. The number of aromatic amines is 1. The first-order valence-electron chi connectivity index (χ1n) is 6.18. The summed E-state index contributed by atoms with van der Waals surface area (Å²) in [5.41, 5.74) is 0.205. The van der Waals surface area contributed by atoms with Crippen molar-refractivity contribution in [1.82, 2.24) is 10.2 Å². The predicted octanol–water partition coefficient (Wildman–Crippen LogP) is 2.83. The first kappa shape index (κ1) is 14.6. The molecule has 0 radical (unpaired) electrons. The summed E-state index contributed by atoms with van der Waals surface area (Å²) in [6.45, 7) is 3.91. The van der Waals surface area contributed by atoms with Crippen LogP contribution < -0.4 is 5.32 Å². The van der Waals surface area contributed by atoms with Gasteiger partial charge in [0, 0.05) is 23.4 Å². The quantitative estimate of drug-likeness (QED) is 0.668. The summed E-state index contributed by atoms with van der Waals surface area (Å²) in [6.07, 6.45) is 0. The summed E-state index contributed by atoms with van der Waals surface area (Å²) >= 11 is 0. The molecule has 21 heavy (non-hydrogen) atoms. The molecule has 8 heteroatoms. The molecule has 1 amide bonds. The summed E-state index contributed by atoms with van der Waals surface area (Å²) in [4.78, 5) is 21.9. The summed E-state index contributed by atoms with van der Waals surface area (Å²) in [7, 11) is 0. The van der Waals surface area contributed by atoms with Crippen LogP contribution >= 0.6 is 0 Å². The fourth-order valence-corrected chi connectivity index (χ4v) is 1.70. The lowest BCUT2D eigenvalue weighted by Gasteiger charge is -2.02. The van der Waals surface area contributed by atoms with Crippen molar-refractivity contribution >= 4 is 17.4 Å². The minimum atomic E-state index is -0.848. The van der Waals surface area contributed by atoms with Gasteiger partial charge in [-0.05, 0) is 12.0 Å². The standard InChI is InChI=1S/C13H13FN4O3/c1-7(2)11-6-12(17-16-11)15-13(19)8-3-9(14)5-10(4-8)18(20)21/h3-7H,1-2H3,(H2,15,16,17,19). The van der Waals surface area contributed by atoms with Gasteiger partial charge in [-0.3, -0.25) is 20.0 Å². The Morgan fingerprint density at radius 1 is 1.38 bits per heavy atom. The zero-order valence-corrected chi connectivity index (χ0v) is 11.4. The number of anilines is 1. The summed E-state index contributed by atoms with van der Waals surface area (Å²) in [6, 6.07) is 4.34. The molecule has 0 aliphatic heterocycles. The number of hydrogen-bond acceptors (Lipinski definition) is 4. The Morgan fingerprint density at radius 2 is 2.10 bits per heavy atom. The number of nitrogens with one attached hydrogen (secondary N) is 2. The molecular formula is C13H13FN4O3. The van der Waals surface area contributed by atoms with E-state index >= 15 is 0 Å². The SMILES string of the molecule is CC(C)c1cc(NC(=O)c2cc(F)cc([N+](=O)[O-])c2)n[nH]1. The van der Waals surface area contributed by atoms with Gasteiger partial charge >= 0.3 is 0 Å². The van der Waals surface area contributed by atoms with Crippen LogP contribution in [-0.4, -0.2) is 21.0 Å². The lowest BCUT2D eigenvalue weighted by Crippen LogP contribution is -2.12. The van der Waals surface area contributed by atoms with Gasteiger partial charge in [-0.15, -0.1) is 0 Å². The Bertz CT molecular complexity index is 696. The Morgan fingerprint density at radius 3 is 2.67 bits per heavy atom. The number of carbonyl (C=O) groups is 1. The van der Waals surface area contributed by atoms with Crippen LogP contribution in [0.15, 0.2) is 24.3 Å². The molecular weight excluding hydrogens is 279 g/mol. The minimum absolute atomic E-state index is 0.143. The third-order valence-electron chi connectivity index (χ3n) is 2.82. The van der Waals surface area contributed by atoms with Gasteiger partial charge < -0.3 is 5.32 Å². The fourth-order valence-electron chi connectivity index (χ4n) is 1.70. The number of carbonyl (C=O) groups excluding carboxylic acids is 1.